The van der Waals surface area contributed by atoms with Crippen LogP contribution < -0.4 is 5.32 Å². The lowest BCUT2D eigenvalue weighted by atomic mass is 9.99. The molecule has 6 heteroatoms. The lowest BCUT2D eigenvalue weighted by Crippen LogP contribution is -2.45. The molecule has 120 valence electrons. The van der Waals surface area contributed by atoms with E-state index in [-0.39, 0.29) is 30.9 Å². The lowest BCUT2D eigenvalue weighted by molar-refractivity contribution is 0.170. The quantitative estimate of drug-likeness (QED) is 0.843. The van der Waals surface area contributed by atoms with Gasteiger partial charge >= 0.3 is 0 Å². The maximum Gasteiger partial charge on any atom is 0.163 e. The van der Waals surface area contributed by atoms with Crippen LogP contribution in [-0.4, -0.2) is 31.1 Å². The first-order valence-corrected chi connectivity index (χ1v) is 6.65. The van der Waals surface area contributed by atoms with Gasteiger partial charge in [0.1, 0.15) is 0 Å². The standard InChI is InChI=1S/C15H20F2N2.2ClH/c1-3-4-13(19-9-7-18-8-10-19)12-6-5-11(2)14(16)15(12)17;;/h3,5-6,13,18H,1,4,7-10H2,2H3;2*1H/t13-;;/m0../s1. The molecular weight excluding hydrogens is 317 g/mol. The number of hydrogen-bond donors (Lipinski definition) is 1. The SMILES string of the molecule is C=CC[C@@H](c1ccc(C)c(F)c1F)N1CCNCC1.Cl.Cl. The molecule has 21 heavy (non-hydrogen) atoms. The number of halogens is 4. The topological polar surface area (TPSA) is 15.3 Å². The molecule has 1 aromatic rings. The van der Waals surface area contributed by atoms with Crippen LogP contribution in [0.3, 0.4) is 0 Å². The number of hydrogen-bond acceptors (Lipinski definition) is 2. The molecule has 1 atom stereocenters. The minimum atomic E-state index is -0.735. The van der Waals surface area contributed by atoms with E-state index in [4.69, 9.17) is 0 Å². The molecule has 0 amide bonds. The van der Waals surface area contributed by atoms with E-state index in [1.807, 2.05) is 0 Å². The number of aryl methyl sites for hydroxylation is 1. The molecule has 0 aromatic heterocycles. The molecule has 1 aliphatic rings. The Morgan fingerprint density at radius 2 is 1.86 bits per heavy atom. The highest BCUT2D eigenvalue weighted by Crippen LogP contribution is 2.29. The van der Waals surface area contributed by atoms with E-state index in [1.165, 1.54) is 0 Å². The molecule has 0 spiro atoms. The molecule has 1 aromatic carbocycles. The van der Waals surface area contributed by atoms with E-state index < -0.39 is 11.6 Å². The second-order valence-electron chi connectivity index (χ2n) is 4.93. The van der Waals surface area contributed by atoms with Gasteiger partial charge in [-0.15, -0.1) is 31.4 Å². The Labute approximate surface area is 137 Å². The molecule has 0 bridgehead atoms. The molecule has 0 aliphatic carbocycles. The van der Waals surface area contributed by atoms with E-state index in [9.17, 15) is 8.78 Å². The van der Waals surface area contributed by atoms with Crippen molar-refractivity contribution in [2.24, 2.45) is 0 Å². The van der Waals surface area contributed by atoms with Crippen LogP contribution in [0, 0.1) is 18.6 Å². The van der Waals surface area contributed by atoms with Gasteiger partial charge in [0.15, 0.2) is 11.6 Å². The van der Waals surface area contributed by atoms with Gasteiger partial charge in [0.05, 0.1) is 0 Å². The molecule has 1 heterocycles. The Morgan fingerprint density at radius 3 is 2.43 bits per heavy atom. The highest BCUT2D eigenvalue weighted by Gasteiger charge is 2.25. The highest BCUT2D eigenvalue weighted by atomic mass is 35.5. The molecule has 0 saturated carbocycles. The fraction of sp³-hybridized carbons (Fsp3) is 0.467. The monoisotopic (exact) mass is 338 g/mol. The predicted octanol–water partition coefficient (Wildman–Crippen LogP) is 3.64. The van der Waals surface area contributed by atoms with Gasteiger partial charge in [0.2, 0.25) is 0 Å². The summed E-state index contributed by atoms with van der Waals surface area (Å²) in [6.45, 7) is 8.75. The van der Waals surface area contributed by atoms with E-state index in [0.29, 0.717) is 17.5 Å². The number of nitrogens with zero attached hydrogens (tertiary/aromatic N) is 1. The molecule has 1 saturated heterocycles. The summed E-state index contributed by atoms with van der Waals surface area (Å²) in [5, 5.41) is 3.26. The number of benzene rings is 1. The first-order valence-electron chi connectivity index (χ1n) is 6.65. The van der Waals surface area contributed by atoms with Crippen molar-refractivity contribution in [1.82, 2.24) is 10.2 Å². The lowest BCUT2D eigenvalue weighted by Gasteiger charge is -2.35. The van der Waals surface area contributed by atoms with Crippen molar-refractivity contribution in [2.45, 2.75) is 19.4 Å². The van der Waals surface area contributed by atoms with Crippen LogP contribution in [0.1, 0.15) is 23.6 Å². The summed E-state index contributed by atoms with van der Waals surface area (Å²) in [4.78, 5) is 2.19. The minimum absolute atomic E-state index is 0. The summed E-state index contributed by atoms with van der Waals surface area (Å²) in [6, 6.07) is 3.21. The number of piperazine rings is 1. The fourth-order valence-corrected chi connectivity index (χ4v) is 2.54. The maximum absolute atomic E-state index is 14.1. The first kappa shape index (κ1) is 20.3. The molecule has 0 unspecified atom stereocenters. The van der Waals surface area contributed by atoms with Gasteiger partial charge in [-0.2, -0.15) is 0 Å². The Kier molecular flexibility index (Phi) is 9.06. The third kappa shape index (κ3) is 4.65. The van der Waals surface area contributed by atoms with E-state index in [1.54, 1.807) is 25.1 Å². The van der Waals surface area contributed by atoms with Crippen LogP contribution in [0.25, 0.3) is 0 Å². The molecular formula is C15H22Cl2F2N2. The molecule has 2 nitrogen and oxygen atoms in total. The Hall–Kier alpha value is -0.680. The van der Waals surface area contributed by atoms with Crippen molar-refractivity contribution >= 4 is 24.8 Å². The van der Waals surface area contributed by atoms with Crippen molar-refractivity contribution in [3.8, 4) is 0 Å². The minimum Gasteiger partial charge on any atom is -0.314 e. The van der Waals surface area contributed by atoms with E-state index in [2.05, 4.69) is 16.8 Å². The second kappa shape index (κ2) is 9.36. The fourth-order valence-electron chi connectivity index (χ4n) is 2.54. The summed E-state index contributed by atoms with van der Waals surface area (Å²) in [5.74, 6) is -1.45. The average molecular weight is 339 g/mol. The largest absolute Gasteiger partial charge is 0.314 e. The van der Waals surface area contributed by atoms with Gasteiger partial charge in [-0.05, 0) is 18.9 Å². The van der Waals surface area contributed by atoms with Crippen LogP contribution in [0.4, 0.5) is 8.78 Å². The summed E-state index contributed by atoms with van der Waals surface area (Å²) in [6.07, 6.45) is 2.39. The van der Waals surface area contributed by atoms with Gasteiger partial charge < -0.3 is 5.32 Å². The van der Waals surface area contributed by atoms with Gasteiger partial charge in [-0.3, -0.25) is 4.90 Å². The summed E-state index contributed by atoms with van der Waals surface area (Å²) in [7, 11) is 0. The normalized spacial score (nSPS) is 16.5. The van der Waals surface area contributed by atoms with Gasteiger partial charge in [0, 0.05) is 37.8 Å². The zero-order valence-corrected chi connectivity index (χ0v) is 13.7. The smallest absolute Gasteiger partial charge is 0.163 e. The van der Waals surface area contributed by atoms with Gasteiger partial charge in [-0.1, -0.05) is 18.2 Å². The van der Waals surface area contributed by atoms with E-state index in [0.717, 1.165) is 26.2 Å². The van der Waals surface area contributed by atoms with E-state index >= 15 is 0 Å². The van der Waals surface area contributed by atoms with Crippen molar-refractivity contribution in [2.75, 3.05) is 26.2 Å². The number of rotatable bonds is 4. The molecule has 1 fully saturated rings. The van der Waals surface area contributed by atoms with Crippen molar-refractivity contribution in [3.05, 3.63) is 47.5 Å². The third-order valence-corrected chi connectivity index (χ3v) is 3.65. The predicted molar refractivity (Wildman–Crippen MR) is 87.6 cm³/mol. The van der Waals surface area contributed by atoms with Gasteiger partial charge in [0.25, 0.3) is 0 Å². The third-order valence-electron chi connectivity index (χ3n) is 3.65. The van der Waals surface area contributed by atoms with Crippen LogP contribution in [-0.2, 0) is 0 Å². The summed E-state index contributed by atoms with van der Waals surface area (Å²) >= 11 is 0. The first-order chi connectivity index (χ1) is 9.15. The summed E-state index contributed by atoms with van der Waals surface area (Å²) in [5.41, 5.74) is 0.781. The molecule has 2 rings (SSSR count). The molecule has 1 N–H and O–H groups in total. The van der Waals surface area contributed by atoms with Crippen LogP contribution in [0.15, 0.2) is 24.8 Å². The van der Waals surface area contributed by atoms with Crippen molar-refractivity contribution in [3.63, 3.8) is 0 Å². The maximum atomic E-state index is 14.1. The Balaban J connectivity index is 0.00000200. The average Bonchev–Trinajstić information content (AvgIpc) is 2.44. The van der Waals surface area contributed by atoms with Gasteiger partial charge in [-0.25, -0.2) is 8.78 Å². The zero-order chi connectivity index (χ0) is 13.8. The van der Waals surface area contributed by atoms with Crippen molar-refractivity contribution in [1.29, 1.82) is 0 Å². The Morgan fingerprint density at radius 1 is 1.24 bits per heavy atom. The number of nitrogens with one attached hydrogen (secondary N) is 1. The van der Waals surface area contributed by atoms with Crippen LogP contribution in [0.2, 0.25) is 0 Å². The second-order valence-corrected chi connectivity index (χ2v) is 4.93. The molecule has 0 radical (unpaired) electrons. The Bertz CT molecular complexity index is 463. The zero-order valence-electron chi connectivity index (χ0n) is 12.1. The van der Waals surface area contributed by atoms with Crippen LogP contribution in [0.5, 0.6) is 0 Å². The summed E-state index contributed by atoms with van der Waals surface area (Å²) < 4.78 is 27.9. The van der Waals surface area contributed by atoms with Crippen molar-refractivity contribution < 1.29 is 8.78 Å². The van der Waals surface area contributed by atoms with Crippen LogP contribution >= 0.6 is 24.8 Å². The molecule has 1 aliphatic heterocycles. The highest BCUT2D eigenvalue weighted by molar-refractivity contribution is 5.85.